The first-order valence-electron chi connectivity index (χ1n) is 7.58. The number of hydrogen-bond donors (Lipinski definition) is 1. The molecule has 2 nitrogen and oxygen atoms in total. The van der Waals surface area contributed by atoms with Crippen LogP contribution in [0.3, 0.4) is 0 Å². The zero-order valence-corrected chi connectivity index (χ0v) is 12.0. The van der Waals surface area contributed by atoms with Crippen LogP contribution in [0.2, 0.25) is 0 Å². The molecule has 1 aliphatic heterocycles. The normalized spacial score (nSPS) is 13.7. The molecule has 0 amide bonds. The molecule has 1 N–H and O–H groups in total. The Hall–Kier alpha value is -2.35. The fraction of sp³-hybridized carbons (Fsp3) is 0.211. The molecule has 2 heteroatoms. The van der Waals surface area contributed by atoms with E-state index in [0.29, 0.717) is 0 Å². The average molecular weight is 274 g/mol. The minimum absolute atomic E-state index is 0.984. The second-order valence-electron chi connectivity index (χ2n) is 5.73. The van der Waals surface area contributed by atoms with Crippen LogP contribution in [0.4, 0.5) is 5.69 Å². The van der Waals surface area contributed by atoms with Gasteiger partial charge in [0.25, 0.3) is 0 Å². The molecule has 0 spiro atoms. The van der Waals surface area contributed by atoms with Gasteiger partial charge in [-0.2, -0.15) is 0 Å². The highest BCUT2D eigenvalue weighted by Gasteiger charge is 2.09. The highest BCUT2D eigenvalue weighted by Crippen LogP contribution is 2.24. The van der Waals surface area contributed by atoms with E-state index < -0.39 is 0 Å². The molecule has 0 saturated carbocycles. The first-order valence-corrected chi connectivity index (χ1v) is 7.58. The lowest BCUT2D eigenvalue weighted by Crippen LogP contribution is -2.11. The molecule has 0 fully saturated rings. The van der Waals surface area contributed by atoms with Gasteiger partial charge >= 0.3 is 0 Å². The lowest BCUT2D eigenvalue weighted by molar-refractivity contribution is 0.828. The zero-order chi connectivity index (χ0) is 14.1. The van der Waals surface area contributed by atoms with E-state index in [1.165, 1.54) is 40.6 Å². The van der Waals surface area contributed by atoms with Crippen molar-refractivity contribution in [2.24, 2.45) is 0 Å². The van der Waals surface area contributed by atoms with E-state index in [1.54, 1.807) is 0 Å². The topological polar surface area (TPSA) is 24.9 Å². The summed E-state index contributed by atoms with van der Waals surface area (Å²) >= 11 is 0. The Labute approximate surface area is 124 Å². The maximum Gasteiger partial charge on any atom is 0.0702 e. The van der Waals surface area contributed by atoms with Crippen LogP contribution in [-0.4, -0.2) is 11.5 Å². The van der Waals surface area contributed by atoms with Crippen LogP contribution in [0, 0.1) is 0 Å². The summed E-state index contributed by atoms with van der Waals surface area (Å²) < 4.78 is 0. The number of rotatable bonds is 2. The van der Waals surface area contributed by atoms with E-state index in [2.05, 4.69) is 52.8 Å². The summed E-state index contributed by atoms with van der Waals surface area (Å²) in [6.45, 7) is 1.10. The predicted octanol–water partition coefficient (Wildman–Crippen LogP) is 4.18. The molecular formula is C19H18N2. The lowest BCUT2D eigenvalue weighted by Gasteiger charge is -2.18. The molecule has 1 aliphatic rings. The molecule has 2 heterocycles. The highest BCUT2D eigenvalue weighted by atomic mass is 14.9. The third-order valence-electron chi connectivity index (χ3n) is 4.18. The summed E-state index contributed by atoms with van der Waals surface area (Å²) in [4.78, 5) is 4.38. The van der Waals surface area contributed by atoms with Crippen molar-refractivity contribution in [1.82, 2.24) is 4.98 Å². The molecule has 0 aliphatic carbocycles. The van der Waals surface area contributed by atoms with Gasteiger partial charge < -0.3 is 5.32 Å². The van der Waals surface area contributed by atoms with Crippen molar-refractivity contribution >= 4 is 16.6 Å². The fourth-order valence-electron chi connectivity index (χ4n) is 3.11. The van der Waals surface area contributed by atoms with Crippen LogP contribution in [0.5, 0.6) is 0 Å². The van der Waals surface area contributed by atoms with Crippen molar-refractivity contribution in [3.63, 3.8) is 0 Å². The van der Waals surface area contributed by atoms with Gasteiger partial charge in [0.2, 0.25) is 0 Å². The first-order chi connectivity index (χ1) is 10.4. The highest BCUT2D eigenvalue weighted by molar-refractivity contribution is 5.79. The quantitative estimate of drug-likeness (QED) is 0.758. The summed E-state index contributed by atoms with van der Waals surface area (Å²) in [5, 5.41) is 4.69. The summed E-state index contributed by atoms with van der Waals surface area (Å²) in [6, 6.07) is 17.5. The molecule has 4 rings (SSSR count). The monoisotopic (exact) mass is 274 g/mol. The molecule has 0 unspecified atom stereocenters. The van der Waals surface area contributed by atoms with Crippen molar-refractivity contribution in [3.8, 4) is 0 Å². The van der Waals surface area contributed by atoms with Gasteiger partial charge in [-0.25, -0.2) is 0 Å². The summed E-state index contributed by atoms with van der Waals surface area (Å²) in [6.07, 6.45) is 5.26. The third kappa shape index (κ3) is 2.49. The molecule has 0 radical (unpaired) electrons. The number of nitrogens with one attached hydrogen (secondary N) is 1. The number of nitrogens with zero attached hydrogens (tertiary/aromatic N) is 1. The minimum atomic E-state index is 0.984. The summed E-state index contributed by atoms with van der Waals surface area (Å²) in [7, 11) is 0. The second-order valence-corrected chi connectivity index (χ2v) is 5.73. The van der Waals surface area contributed by atoms with Gasteiger partial charge in [0.05, 0.1) is 5.52 Å². The second kappa shape index (κ2) is 5.21. The van der Waals surface area contributed by atoms with Crippen molar-refractivity contribution in [2.45, 2.75) is 19.3 Å². The number of hydrogen-bond acceptors (Lipinski definition) is 2. The molecule has 2 aromatic carbocycles. The van der Waals surface area contributed by atoms with Gasteiger partial charge in [-0.05, 0) is 60.2 Å². The zero-order valence-electron chi connectivity index (χ0n) is 12.0. The molecular weight excluding hydrogens is 256 g/mol. The van der Waals surface area contributed by atoms with Crippen LogP contribution in [-0.2, 0) is 12.8 Å². The number of aryl methyl sites for hydroxylation is 1. The van der Waals surface area contributed by atoms with Crippen LogP contribution < -0.4 is 5.32 Å². The smallest absolute Gasteiger partial charge is 0.0702 e. The van der Waals surface area contributed by atoms with E-state index in [9.17, 15) is 0 Å². The number of fused-ring (bicyclic) bond motifs is 2. The van der Waals surface area contributed by atoms with E-state index in [0.717, 1.165) is 18.5 Å². The van der Waals surface area contributed by atoms with Gasteiger partial charge in [0.15, 0.2) is 0 Å². The van der Waals surface area contributed by atoms with E-state index in [4.69, 9.17) is 0 Å². The Morgan fingerprint density at radius 1 is 1.00 bits per heavy atom. The maximum absolute atomic E-state index is 4.38. The van der Waals surface area contributed by atoms with Crippen LogP contribution in [0.1, 0.15) is 23.1 Å². The summed E-state index contributed by atoms with van der Waals surface area (Å²) in [5.41, 5.74) is 6.57. The predicted molar refractivity (Wildman–Crippen MR) is 87.8 cm³/mol. The van der Waals surface area contributed by atoms with Crippen LogP contribution >= 0.6 is 0 Å². The van der Waals surface area contributed by atoms with Gasteiger partial charge in [0, 0.05) is 23.8 Å². The van der Waals surface area contributed by atoms with Crippen molar-refractivity contribution in [2.75, 3.05) is 11.9 Å². The van der Waals surface area contributed by atoms with E-state index >= 15 is 0 Å². The van der Waals surface area contributed by atoms with Crippen molar-refractivity contribution < 1.29 is 0 Å². The standard InChI is InChI=1S/C19H18N2/c1-3-16-12-14(5-7-18(16)20-9-1)11-15-6-8-19-17(13-15)4-2-10-21-19/h1,3,5-9,12-13,21H,2,4,10-11H2. The molecule has 0 atom stereocenters. The van der Waals surface area contributed by atoms with Gasteiger partial charge in [-0.1, -0.05) is 24.3 Å². The molecule has 104 valence electrons. The molecule has 0 bridgehead atoms. The molecule has 21 heavy (non-hydrogen) atoms. The first kappa shape index (κ1) is 12.4. The fourth-order valence-corrected chi connectivity index (χ4v) is 3.11. The van der Waals surface area contributed by atoms with E-state index in [1.807, 2.05) is 12.3 Å². The summed E-state index contributed by atoms with van der Waals surface area (Å²) in [5.74, 6) is 0. The van der Waals surface area contributed by atoms with Crippen molar-refractivity contribution in [3.05, 3.63) is 71.4 Å². The van der Waals surface area contributed by atoms with Gasteiger partial charge in [-0.3, -0.25) is 4.98 Å². The van der Waals surface area contributed by atoms with Gasteiger partial charge in [0.1, 0.15) is 0 Å². The maximum atomic E-state index is 4.38. The Morgan fingerprint density at radius 3 is 2.90 bits per heavy atom. The average Bonchev–Trinajstić information content (AvgIpc) is 2.55. The Morgan fingerprint density at radius 2 is 1.90 bits per heavy atom. The Kier molecular flexibility index (Phi) is 3.07. The largest absolute Gasteiger partial charge is 0.385 e. The molecule has 1 aromatic heterocycles. The number of aromatic nitrogens is 1. The third-order valence-corrected chi connectivity index (χ3v) is 4.18. The number of benzene rings is 2. The van der Waals surface area contributed by atoms with Gasteiger partial charge in [-0.15, -0.1) is 0 Å². The molecule has 0 saturated heterocycles. The van der Waals surface area contributed by atoms with E-state index in [-0.39, 0.29) is 0 Å². The number of pyridine rings is 1. The minimum Gasteiger partial charge on any atom is -0.385 e. The SMILES string of the molecule is c1cnc2ccc(Cc3ccc4c(c3)CCCN4)cc2c1. The lowest BCUT2D eigenvalue weighted by atomic mass is 9.97. The Balaban J connectivity index is 1.64. The van der Waals surface area contributed by atoms with Crippen molar-refractivity contribution in [1.29, 1.82) is 0 Å². The van der Waals surface area contributed by atoms with Crippen LogP contribution in [0.25, 0.3) is 10.9 Å². The van der Waals surface area contributed by atoms with Crippen LogP contribution in [0.15, 0.2) is 54.7 Å². The Bertz CT molecular complexity index is 792. The molecule has 3 aromatic rings. The number of anilines is 1.